The Hall–Kier alpha value is -1.54. The maximum Gasteiger partial charge on any atom is 0.0712 e. The summed E-state index contributed by atoms with van der Waals surface area (Å²) in [5.41, 5.74) is 3.66. The molecule has 0 saturated carbocycles. The average molecular weight is 267 g/mol. The zero-order valence-electron chi connectivity index (χ0n) is 11.1. The van der Waals surface area contributed by atoms with Gasteiger partial charge in [0, 0.05) is 10.8 Å². The monoisotopic (exact) mass is 267 g/mol. The van der Waals surface area contributed by atoms with Gasteiger partial charge in [0.1, 0.15) is 0 Å². The number of nitrogens with zero attached hydrogens (tertiary/aromatic N) is 1. The molecule has 0 aliphatic carbocycles. The lowest BCUT2D eigenvalue weighted by Gasteiger charge is -2.10. The maximum absolute atomic E-state index is 4.76. The smallest absolute Gasteiger partial charge is 0.0712 e. The predicted molar refractivity (Wildman–Crippen MR) is 86.0 cm³/mol. The zero-order chi connectivity index (χ0) is 13.1. The molecule has 3 aromatic rings. The molecule has 3 rings (SSSR count). The number of para-hydroxylation sites is 2. The van der Waals surface area contributed by atoms with Crippen molar-refractivity contribution in [3.8, 4) is 0 Å². The fraction of sp³-hybridized carbons (Fsp3) is 0.235. The SMILES string of the molecule is CCSCCc1c2ccccc2nc2ccccc12. The Morgan fingerprint density at radius 2 is 1.47 bits per heavy atom. The molecule has 0 unspecified atom stereocenters. The highest BCUT2D eigenvalue weighted by atomic mass is 32.2. The van der Waals surface area contributed by atoms with E-state index in [0.29, 0.717) is 0 Å². The van der Waals surface area contributed by atoms with Crippen LogP contribution in [0.3, 0.4) is 0 Å². The van der Waals surface area contributed by atoms with E-state index in [1.54, 1.807) is 0 Å². The third-order valence-corrected chi connectivity index (χ3v) is 4.30. The molecular formula is C17H17NS. The second kappa shape index (κ2) is 5.62. The van der Waals surface area contributed by atoms with Crippen molar-refractivity contribution in [2.75, 3.05) is 11.5 Å². The minimum absolute atomic E-state index is 1.11. The average Bonchev–Trinajstić information content (AvgIpc) is 2.46. The van der Waals surface area contributed by atoms with E-state index >= 15 is 0 Å². The fourth-order valence-electron chi connectivity index (χ4n) is 2.52. The predicted octanol–water partition coefficient (Wildman–Crippen LogP) is 4.68. The number of thioether (sulfide) groups is 1. The summed E-state index contributed by atoms with van der Waals surface area (Å²) >= 11 is 2.00. The molecule has 1 nitrogen and oxygen atoms in total. The highest BCUT2D eigenvalue weighted by molar-refractivity contribution is 7.99. The van der Waals surface area contributed by atoms with Gasteiger partial charge in [0.05, 0.1) is 11.0 Å². The topological polar surface area (TPSA) is 12.9 Å². The van der Waals surface area contributed by atoms with Gasteiger partial charge in [0.15, 0.2) is 0 Å². The van der Waals surface area contributed by atoms with Crippen LogP contribution in [0.25, 0.3) is 21.8 Å². The van der Waals surface area contributed by atoms with E-state index < -0.39 is 0 Å². The summed E-state index contributed by atoms with van der Waals surface area (Å²) in [6.45, 7) is 2.22. The summed E-state index contributed by atoms with van der Waals surface area (Å²) in [4.78, 5) is 4.76. The molecule has 1 aromatic heterocycles. The van der Waals surface area contributed by atoms with Crippen molar-refractivity contribution < 1.29 is 0 Å². The summed E-state index contributed by atoms with van der Waals surface area (Å²) in [7, 11) is 0. The lowest BCUT2D eigenvalue weighted by Crippen LogP contribution is -1.95. The molecule has 2 heteroatoms. The van der Waals surface area contributed by atoms with Gasteiger partial charge in [-0.15, -0.1) is 0 Å². The van der Waals surface area contributed by atoms with Gasteiger partial charge in [-0.25, -0.2) is 4.98 Å². The number of pyridine rings is 1. The molecule has 19 heavy (non-hydrogen) atoms. The number of rotatable bonds is 4. The van der Waals surface area contributed by atoms with Crippen LogP contribution < -0.4 is 0 Å². The molecule has 0 bridgehead atoms. The Bertz CT molecular complexity index is 652. The largest absolute Gasteiger partial charge is 0.248 e. The highest BCUT2D eigenvalue weighted by Crippen LogP contribution is 2.26. The molecule has 0 atom stereocenters. The molecule has 1 heterocycles. The van der Waals surface area contributed by atoms with Crippen LogP contribution >= 0.6 is 11.8 Å². The summed E-state index contributed by atoms with van der Waals surface area (Å²) in [6.07, 6.45) is 1.11. The molecule has 0 aliphatic heterocycles. The van der Waals surface area contributed by atoms with Crippen LogP contribution in [-0.4, -0.2) is 16.5 Å². The van der Waals surface area contributed by atoms with Gasteiger partial charge in [-0.05, 0) is 35.6 Å². The molecule has 0 radical (unpaired) electrons. The van der Waals surface area contributed by atoms with Crippen LogP contribution in [0.2, 0.25) is 0 Å². The van der Waals surface area contributed by atoms with Crippen LogP contribution in [0.1, 0.15) is 12.5 Å². The van der Waals surface area contributed by atoms with E-state index in [0.717, 1.165) is 17.5 Å². The quantitative estimate of drug-likeness (QED) is 0.502. The first kappa shape index (κ1) is 12.5. The second-order valence-electron chi connectivity index (χ2n) is 4.57. The van der Waals surface area contributed by atoms with Crippen LogP contribution in [0.4, 0.5) is 0 Å². The summed E-state index contributed by atoms with van der Waals surface area (Å²) < 4.78 is 0. The van der Waals surface area contributed by atoms with Crippen molar-refractivity contribution in [1.29, 1.82) is 0 Å². The van der Waals surface area contributed by atoms with Gasteiger partial charge in [0.2, 0.25) is 0 Å². The normalized spacial score (nSPS) is 11.2. The first-order valence-corrected chi connectivity index (χ1v) is 7.89. The minimum Gasteiger partial charge on any atom is -0.248 e. The molecule has 0 fully saturated rings. The minimum atomic E-state index is 1.11. The summed E-state index contributed by atoms with van der Waals surface area (Å²) in [6, 6.07) is 17.0. The number of hydrogen-bond donors (Lipinski definition) is 0. The second-order valence-corrected chi connectivity index (χ2v) is 5.97. The number of hydrogen-bond acceptors (Lipinski definition) is 2. The lowest BCUT2D eigenvalue weighted by atomic mass is 10.0. The van der Waals surface area contributed by atoms with Gasteiger partial charge < -0.3 is 0 Å². The molecule has 0 amide bonds. The van der Waals surface area contributed by atoms with E-state index in [2.05, 4.69) is 55.5 Å². The number of benzene rings is 2. The van der Waals surface area contributed by atoms with Crippen LogP contribution in [0.5, 0.6) is 0 Å². The maximum atomic E-state index is 4.76. The van der Waals surface area contributed by atoms with Gasteiger partial charge in [-0.3, -0.25) is 0 Å². The Morgan fingerprint density at radius 1 is 0.895 bits per heavy atom. The Labute approximate surface area is 118 Å². The summed E-state index contributed by atoms with van der Waals surface area (Å²) in [5, 5.41) is 2.61. The van der Waals surface area contributed by atoms with Crippen LogP contribution in [0, 0.1) is 0 Å². The van der Waals surface area contributed by atoms with Crippen molar-refractivity contribution >= 4 is 33.6 Å². The van der Waals surface area contributed by atoms with Crippen molar-refractivity contribution in [1.82, 2.24) is 4.98 Å². The number of aromatic nitrogens is 1. The molecule has 0 spiro atoms. The zero-order valence-corrected chi connectivity index (χ0v) is 11.9. The van der Waals surface area contributed by atoms with E-state index in [-0.39, 0.29) is 0 Å². The van der Waals surface area contributed by atoms with Crippen LogP contribution in [-0.2, 0) is 6.42 Å². The third kappa shape index (κ3) is 2.45. The van der Waals surface area contributed by atoms with E-state index in [4.69, 9.17) is 4.98 Å². The first-order chi connectivity index (χ1) is 9.40. The number of aryl methyl sites for hydroxylation is 1. The number of fused-ring (bicyclic) bond motifs is 2. The fourth-order valence-corrected chi connectivity index (χ4v) is 3.15. The summed E-state index contributed by atoms with van der Waals surface area (Å²) in [5.74, 6) is 2.36. The van der Waals surface area contributed by atoms with E-state index in [1.807, 2.05) is 11.8 Å². The van der Waals surface area contributed by atoms with Gasteiger partial charge in [-0.2, -0.15) is 11.8 Å². The molecule has 2 aromatic carbocycles. The standard InChI is InChI=1S/C17H17NS/c1-2-19-12-11-13-14-7-3-5-9-16(14)18-17-10-6-4-8-15(13)17/h3-10H,2,11-12H2,1H3. The Balaban J connectivity index is 2.21. The molecular weight excluding hydrogens is 250 g/mol. The van der Waals surface area contributed by atoms with E-state index in [9.17, 15) is 0 Å². The molecule has 0 N–H and O–H groups in total. The van der Waals surface area contributed by atoms with Gasteiger partial charge in [0.25, 0.3) is 0 Å². The van der Waals surface area contributed by atoms with Crippen molar-refractivity contribution in [2.45, 2.75) is 13.3 Å². The first-order valence-electron chi connectivity index (χ1n) is 6.74. The van der Waals surface area contributed by atoms with Gasteiger partial charge >= 0.3 is 0 Å². The molecule has 96 valence electrons. The third-order valence-electron chi connectivity index (χ3n) is 3.40. The van der Waals surface area contributed by atoms with Gasteiger partial charge in [-0.1, -0.05) is 43.3 Å². The molecule has 0 aliphatic rings. The lowest BCUT2D eigenvalue weighted by molar-refractivity contribution is 1.19. The van der Waals surface area contributed by atoms with E-state index in [1.165, 1.54) is 27.8 Å². The Morgan fingerprint density at radius 3 is 2.05 bits per heavy atom. The van der Waals surface area contributed by atoms with Crippen molar-refractivity contribution in [3.05, 3.63) is 54.1 Å². The van der Waals surface area contributed by atoms with Crippen LogP contribution in [0.15, 0.2) is 48.5 Å². The Kier molecular flexibility index (Phi) is 3.69. The van der Waals surface area contributed by atoms with Crippen molar-refractivity contribution in [3.63, 3.8) is 0 Å². The van der Waals surface area contributed by atoms with Crippen molar-refractivity contribution in [2.24, 2.45) is 0 Å². The molecule has 0 saturated heterocycles. The highest BCUT2D eigenvalue weighted by Gasteiger charge is 2.07.